The first-order valence-electron chi connectivity index (χ1n) is 6.90. The Hall–Kier alpha value is -2.76. The zero-order valence-electron chi connectivity index (χ0n) is 12.2. The molecule has 0 aliphatic rings. The molecule has 0 saturated carbocycles. The highest BCUT2D eigenvalue weighted by molar-refractivity contribution is 5.43. The van der Waals surface area contributed by atoms with Gasteiger partial charge in [0.15, 0.2) is 5.75 Å². The maximum absolute atomic E-state index is 13.1. The van der Waals surface area contributed by atoms with Gasteiger partial charge in [0.1, 0.15) is 5.75 Å². The van der Waals surface area contributed by atoms with Crippen molar-refractivity contribution in [2.24, 2.45) is 0 Å². The molecule has 23 heavy (non-hydrogen) atoms. The summed E-state index contributed by atoms with van der Waals surface area (Å²) in [5.41, 5.74) is 0.140. The Morgan fingerprint density at radius 2 is 1.70 bits per heavy atom. The summed E-state index contributed by atoms with van der Waals surface area (Å²) in [6.45, 7) is 1.89. The van der Waals surface area contributed by atoms with E-state index in [1.165, 1.54) is 30.6 Å². The summed E-state index contributed by atoms with van der Waals surface area (Å²) in [4.78, 5) is 0. The van der Waals surface area contributed by atoms with Crippen molar-refractivity contribution >= 4 is 0 Å². The average Bonchev–Trinajstić information content (AvgIpc) is 2.97. The van der Waals surface area contributed by atoms with Gasteiger partial charge in [0.25, 0.3) is 0 Å². The number of aromatic nitrogens is 2. The fourth-order valence-corrected chi connectivity index (χ4v) is 2.20. The molecule has 2 aromatic carbocycles. The number of halogens is 3. The number of hydrogen-bond donors (Lipinski definition) is 0. The Morgan fingerprint density at radius 3 is 2.43 bits per heavy atom. The van der Waals surface area contributed by atoms with Crippen molar-refractivity contribution in [3.8, 4) is 17.2 Å². The minimum Gasteiger partial charge on any atom is -0.454 e. The third-order valence-electron chi connectivity index (χ3n) is 3.34. The van der Waals surface area contributed by atoms with E-state index in [1.807, 2.05) is 25.1 Å². The molecule has 0 atom stereocenters. The fraction of sp³-hybridized carbons (Fsp3) is 0.118. The van der Waals surface area contributed by atoms with Crippen molar-refractivity contribution in [3.05, 3.63) is 72.1 Å². The Labute approximate surface area is 130 Å². The smallest absolute Gasteiger partial charge is 0.418 e. The standard InChI is InChI=1S/C17H13F3N2O/c1-12-6-2-5-9-16(12)23-13-10-21-22(11-13)15-8-4-3-7-14(15)17(18,19)20/h2-11H,1H3. The fourth-order valence-electron chi connectivity index (χ4n) is 2.20. The summed E-state index contributed by atoms with van der Waals surface area (Å²) in [6, 6.07) is 12.7. The minimum atomic E-state index is -4.44. The van der Waals surface area contributed by atoms with Gasteiger partial charge >= 0.3 is 6.18 Å². The van der Waals surface area contributed by atoms with E-state index in [0.717, 1.165) is 16.3 Å². The maximum atomic E-state index is 13.1. The van der Waals surface area contributed by atoms with Crippen LogP contribution < -0.4 is 4.74 Å². The first-order valence-corrected chi connectivity index (χ1v) is 6.90. The summed E-state index contributed by atoms with van der Waals surface area (Å²) < 4.78 is 46.0. The van der Waals surface area contributed by atoms with Crippen LogP contribution in [0.15, 0.2) is 60.9 Å². The molecule has 6 heteroatoms. The highest BCUT2D eigenvalue weighted by Crippen LogP contribution is 2.34. The molecule has 3 rings (SSSR count). The zero-order chi connectivity index (χ0) is 16.4. The van der Waals surface area contributed by atoms with E-state index in [9.17, 15) is 13.2 Å². The monoisotopic (exact) mass is 318 g/mol. The molecule has 3 nitrogen and oxygen atoms in total. The molecule has 0 aliphatic carbocycles. The molecule has 0 unspecified atom stereocenters. The first-order chi connectivity index (χ1) is 10.9. The number of hydrogen-bond acceptors (Lipinski definition) is 2. The number of alkyl halides is 3. The van der Waals surface area contributed by atoms with Crippen LogP contribution in [0.3, 0.4) is 0 Å². The number of aryl methyl sites for hydroxylation is 1. The normalized spacial score (nSPS) is 11.5. The van der Waals surface area contributed by atoms with E-state index in [4.69, 9.17) is 4.74 Å². The van der Waals surface area contributed by atoms with Crippen LogP contribution in [0, 0.1) is 6.92 Å². The lowest BCUT2D eigenvalue weighted by Gasteiger charge is -2.12. The molecular formula is C17H13F3N2O. The van der Waals surface area contributed by atoms with Gasteiger partial charge in [-0.15, -0.1) is 0 Å². The molecule has 0 fully saturated rings. The number of para-hydroxylation sites is 2. The first kappa shape index (κ1) is 15.1. The average molecular weight is 318 g/mol. The van der Waals surface area contributed by atoms with Crippen LogP contribution >= 0.6 is 0 Å². The Bertz CT molecular complexity index is 824. The van der Waals surface area contributed by atoms with Crippen molar-refractivity contribution in [2.75, 3.05) is 0 Å². The van der Waals surface area contributed by atoms with Crippen LogP contribution in [0.25, 0.3) is 5.69 Å². The Kier molecular flexibility index (Phi) is 3.82. The van der Waals surface area contributed by atoms with E-state index < -0.39 is 11.7 Å². The van der Waals surface area contributed by atoms with Gasteiger partial charge in [-0.05, 0) is 30.7 Å². The van der Waals surface area contributed by atoms with Crippen LogP contribution in [0.2, 0.25) is 0 Å². The number of ether oxygens (including phenoxy) is 1. The molecule has 0 spiro atoms. The number of rotatable bonds is 3. The van der Waals surface area contributed by atoms with E-state index in [-0.39, 0.29) is 5.69 Å². The van der Waals surface area contributed by atoms with Gasteiger partial charge in [0, 0.05) is 0 Å². The lowest BCUT2D eigenvalue weighted by molar-refractivity contribution is -0.137. The molecule has 0 bridgehead atoms. The second kappa shape index (κ2) is 5.79. The van der Waals surface area contributed by atoms with Gasteiger partial charge in [-0.3, -0.25) is 0 Å². The van der Waals surface area contributed by atoms with E-state index >= 15 is 0 Å². The Balaban J connectivity index is 1.93. The predicted octanol–water partition coefficient (Wildman–Crippen LogP) is 4.99. The second-order valence-corrected chi connectivity index (χ2v) is 5.00. The summed E-state index contributed by atoms with van der Waals surface area (Å²) >= 11 is 0. The highest BCUT2D eigenvalue weighted by atomic mass is 19.4. The van der Waals surface area contributed by atoms with Crippen molar-refractivity contribution in [1.82, 2.24) is 9.78 Å². The molecule has 0 aliphatic heterocycles. The molecular weight excluding hydrogens is 305 g/mol. The third kappa shape index (κ3) is 3.21. The van der Waals surface area contributed by atoms with Crippen LogP contribution in [-0.2, 0) is 6.18 Å². The topological polar surface area (TPSA) is 27.1 Å². The molecule has 118 valence electrons. The lowest BCUT2D eigenvalue weighted by Crippen LogP contribution is -2.10. The lowest BCUT2D eigenvalue weighted by atomic mass is 10.2. The van der Waals surface area contributed by atoms with Crippen LogP contribution in [0.5, 0.6) is 11.5 Å². The minimum absolute atomic E-state index is 0.0420. The van der Waals surface area contributed by atoms with Gasteiger partial charge in [-0.25, -0.2) is 4.68 Å². The van der Waals surface area contributed by atoms with Crippen LogP contribution in [0.1, 0.15) is 11.1 Å². The van der Waals surface area contributed by atoms with Crippen molar-refractivity contribution in [1.29, 1.82) is 0 Å². The summed E-state index contributed by atoms with van der Waals surface area (Å²) in [7, 11) is 0. The SMILES string of the molecule is Cc1ccccc1Oc1cnn(-c2ccccc2C(F)(F)F)c1. The second-order valence-electron chi connectivity index (χ2n) is 5.00. The summed E-state index contributed by atoms with van der Waals surface area (Å²) in [6.07, 6.45) is -1.63. The highest BCUT2D eigenvalue weighted by Gasteiger charge is 2.33. The Morgan fingerprint density at radius 1 is 1.00 bits per heavy atom. The van der Waals surface area contributed by atoms with Gasteiger partial charge in [-0.2, -0.15) is 18.3 Å². The predicted molar refractivity (Wildman–Crippen MR) is 79.8 cm³/mol. The van der Waals surface area contributed by atoms with E-state index in [2.05, 4.69) is 5.10 Å². The van der Waals surface area contributed by atoms with Gasteiger partial charge in [0.05, 0.1) is 23.6 Å². The van der Waals surface area contributed by atoms with E-state index in [1.54, 1.807) is 6.07 Å². The van der Waals surface area contributed by atoms with Crippen molar-refractivity contribution < 1.29 is 17.9 Å². The van der Waals surface area contributed by atoms with Gasteiger partial charge in [-0.1, -0.05) is 30.3 Å². The van der Waals surface area contributed by atoms with Gasteiger partial charge < -0.3 is 4.74 Å². The van der Waals surface area contributed by atoms with Gasteiger partial charge in [0.2, 0.25) is 0 Å². The summed E-state index contributed by atoms with van der Waals surface area (Å²) in [5.74, 6) is 1.01. The number of nitrogens with zero attached hydrogens (tertiary/aromatic N) is 2. The van der Waals surface area contributed by atoms with Crippen LogP contribution in [-0.4, -0.2) is 9.78 Å². The molecule has 1 aromatic heterocycles. The molecule has 0 N–H and O–H groups in total. The van der Waals surface area contributed by atoms with Crippen LogP contribution in [0.4, 0.5) is 13.2 Å². The molecule has 0 amide bonds. The third-order valence-corrected chi connectivity index (χ3v) is 3.34. The molecule has 1 heterocycles. The molecule has 3 aromatic rings. The van der Waals surface area contributed by atoms with Crippen molar-refractivity contribution in [3.63, 3.8) is 0 Å². The number of benzene rings is 2. The molecule has 0 radical (unpaired) electrons. The zero-order valence-corrected chi connectivity index (χ0v) is 12.2. The van der Waals surface area contributed by atoms with E-state index in [0.29, 0.717) is 11.5 Å². The quantitative estimate of drug-likeness (QED) is 0.680. The van der Waals surface area contributed by atoms with Crippen molar-refractivity contribution in [2.45, 2.75) is 13.1 Å². The molecule has 0 saturated heterocycles. The maximum Gasteiger partial charge on any atom is 0.418 e. The summed E-state index contributed by atoms with van der Waals surface area (Å²) in [5, 5.41) is 3.98. The largest absolute Gasteiger partial charge is 0.454 e.